The summed E-state index contributed by atoms with van der Waals surface area (Å²) in [5.74, 6) is -0.457. The lowest BCUT2D eigenvalue weighted by atomic mass is 10.3. The predicted molar refractivity (Wildman–Crippen MR) is 44.8 cm³/mol. The highest BCUT2D eigenvalue weighted by atomic mass is 79.9. The first-order valence-electron chi connectivity index (χ1n) is 2.60. The second-order valence-corrected chi connectivity index (χ2v) is 4.77. The van der Waals surface area contributed by atoms with Crippen molar-refractivity contribution in [2.45, 2.75) is 3.74 Å². The van der Waals surface area contributed by atoms with Gasteiger partial charge in [-0.15, -0.1) is 0 Å². The van der Waals surface area contributed by atoms with Gasteiger partial charge >= 0.3 is 0 Å². The van der Waals surface area contributed by atoms with Gasteiger partial charge in [0.15, 0.2) is 0 Å². The summed E-state index contributed by atoms with van der Waals surface area (Å²) in [6, 6.07) is 3.10. The van der Waals surface area contributed by atoms with Crippen molar-refractivity contribution in [3.8, 4) is 0 Å². The first-order chi connectivity index (χ1) is 4.70. The fourth-order valence-corrected chi connectivity index (χ4v) is 1.12. The third-order valence-electron chi connectivity index (χ3n) is 1.00. The molecule has 1 aromatic heterocycles. The number of alkyl halides is 2. The Morgan fingerprint density at radius 2 is 2.20 bits per heavy atom. The standard InChI is InChI=1S/C6H4Br2FN/c7-6(8)4-1-2-10-5(9)3-4/h1-3,6H. The molecule has 0 bridgehead atoms. The molecule has 1 rings (SSSR count). The molecular formula is C6H4Br2FN. The van der Waals surface area contributed by atoms with Crippen LogP contribution in [0.5, 0.6) is 0 Å². The molecule has 10 heavy (non-hydrogen) atoms. The van der Waals surface area contributed by atoms with E-state index >= 15 is 0 Å². The molecule has 0 amide bonds. The molecule has 0 saturated heterocycles. The lowest BCUT2D eigenvalue weighted by Crippen LogP contribution is -1.85. The largest absolute Gasteiger partial charge is 0.228 e. The first-order valence-corrected chi connectivity index (χ1v) is 4.43. The highest BCUT2D eigenvalue weighted by molar-refractivity contribution is 9.24. The minimum atomic E-state index is -0.457. The fraction of sp³-hybridized carbons (Fsp3) is 0.167. The number of hydrogen-bond acceptors (Lipinski definition) is 1. The monoisotopic (exact) mass is 267 g/mol. The third-order valence-corrected chi connectivity index (χ3v) is 2.06. The Bertz CT molecular complexity index is 227. The number of hydrogen-bond donors (Lipinski definition) is 0. The molecule has 0 aromatic carbocycles. The van der Waals surface area contributed by atoms with Crippen LogP contribution in [-0.4, -0.2) is 4.98 Å². The Balaban J connectivity index is 2.96. The van der Waals surface area contributed by atoms with Gasteiger partial charge in [-0.1, -0.05) is 31.9 Å². The SMILES string of the molecule is Fc1cc(C(Br)Br)ccn1. The summed E-state index contributed by atoms with van der Waals surface area (Å²) in [5, 5.41) is 0. The third kappa shape index (κ3) is 2.02. The Morgan fingerprint density at radius 1 is 1.50 bits per heavy atom. The van der Waals surface area contributed by atoms with Crippen molar-refractivity contribution in [2.75, 3.05) is 0 Å². The van der Waals surface area contributed by atoms with Crippen molar-refractivity contribution in [1.82, 2.24) is 4.98 Å². The number of aromatic nitrogens is 1. The van der Waals surface area contributed by atoms with E-state index in [0.29, 0.717) is 0 Å². The van der Waals surface area contributed by atoms with Gasteiger partial charge in [0.1, 0.15) is 0 Å². The zero-order valence-corrected chi connectivity index (χ0v) is 8.06. The topological polar surface area (TPSA) is 12.9 Å². The van der Waals surface area contributed by atoms with Crippen LogP contribution in [0.25, 0.3) is 0 Å². The average Bonchev–Trinajstić information content (AvgIpc) is 1.88. The molecule has 0 aliphatic rings. The van der Waals surface area contributed by atoms with Gasteiger partial charge in [0, 0.05) is 6.20 Å². The molecule has 54 valence electrons. The summed E-state index contributed by atoms with van der Waals surface area (Å²) in [5.41, 5.74) is 0.826. The molecule has 0 saturated carbocycles. The van der Waals surface area contributed by atoms with Crippen LogP contribution < -0.4 is 0 Å². The van der Waals surface area contributed by atoms with Crippen molar-refractivity contribution in [3.05, 3.63) is 29.8 Å². The number of halogens is 3. The van der Waals surface area contributed by atoms with E-state index in [1.807, 2.05) is 0 Å². The van der Waals surface area contributed by atoms with Gasteiger partial charge in [-0.25, -0.2) is 4.98 Å². The number of pyridine rings is 1. The molecular weight excluding hydrogens is 265 g/mol. The summed E-state index contributed by atoms with van der Waals surface area (Å²) in [6.45, 7) is 0. The van der Waals surface area contributed by atoms with Crippen LogP contribution in [0.1, 0.15) is 9.30 Å². The summed E-state index contributed by atoms with van der Waals surface area (Å²) in [6.07, 6.45) is 1.43. The molecule has 0 N–H and O–H groups in total. The van der Waals surface area contributed by atoms with E-state index in [1.54, 1.807) is 6.07 Å². The molecule has 4 heteroatoms. The van der Waals surface area contributed by atoms with Gasteiger partial charge < -0.3 is 0 Å². The Hall–Kier alpha value is 0.0400. The quantitative estimate of drug-likeness (QED) is 0.564. The molecule has 1 nitrogen and oxygen atoms in total. The molecule has 0 atom stereocenters. The van der Waals surface area contributed by atoms with Gasteiger partial charge in [-0.3, -0.25) is 0 Å². The highest BCUT2D eigenvalue weighted by Gasteiger charge is 2.02. The summed E-state index contributed by atoms with van der Waals surface area (Å²) in [4.78, 5) is 3.41. The summed E-state index contributed by atoms with van der Waals surface area (Å²) in [7, 11) is 0. The lowest BCUT2D eigenvalue weighted by molar-refractivity contribution is 0.582. The van der Waals surface area contributed by atoms with Crippen LogP contribution in [0.4, 0.5) is 4.39 Å². The van der Waals surface area contributed by atoms with E-state index in [-0.39, 0.29) is 3.74 Å². The van der Waals surface area contributed by atoms with Crippen molar-refractivity contribution in [1.29, 1.82) is 0 Å². The van der Waals surface area contributed by atoms with Gasteiger partial charge in [0.05, 0.1) is 3.74 Å². The van der Waals surface area contributed by atoms with Crippen LogP contribution in [0.3, 0.4) is 0 Å². The maximum atomic E-state index is 12.4. The second kappa shape index (κ2) is 3.44. The molecule has 1 aromatic rings. The smallest absolute Gasteiger partial charge is 0.213 e. The minimum absolute atomic E-state index is 0.00231. The maximum Gasteiger partial charge on any atom is 0.213 e. The van der Waals surface area contributed by atoms with Crippen molar-refractivity contribution < 1.29 is 4.39 Å². The van der Waals surface area contributed by atoms with E-state index < -0.39 is 5.95 Å². The van der Waals surface area contributed by atoms with Crippen LogP contribution in [-0.2, 0) is 0 Å². The minimum Gasteiger partial charge on any atom is -0.228 e. The lowest BCUT2D eigenvalue weighted by Gasteiger charge is -1.98. The highest BCUT2D eigenvalue weighted by Crippen LogP contribution is 2.28. The Morgan fingerprint density at radius 3 is 2.60 bits per heavy atom. The van der Waals surface area contributed by atoms with E-state index in [4.69, 9.17) is 0 Å². The van der Waals surface area contributed by atoms with E-state index in [2.05, 4.69) is 36.8 Å². The van der Waals surface area contributed by atoms with Gasteiger partial charge in [-0.05, 0) is 17.7 Å². The van der Waals surface area contributed by atoms with Gasteiger partial charge in [0.2, 0.25) is 5.95 Å². The fourth-order valence-electron chi connectivity index (χ4n) is 0.553. The molecule has 0 spiro atoms. The maximum absolute atomic E-state index is 12.4. The van der Waals surface area contributed by atoms with Crippen molar-refractivity contribution in [2.24, 2.45) is 0 Å². The zero-order chi connectivity index (χ0) is 7.56. The van der Waals surface area contributed by atoms with E-state index in [9.17, 15) is 4.39 Å². The normalized spacial score (nSPS) is 10.4. The Kier molecular flexibility index (Phi) is 2.80. The van der Waals surface area contributed by atoms with E-state index in [1.165, 1.54) is 12.3 Å². The number of nitrogens with zero attached hydrogens (tertiary/aromatic N) is 1. The van der Waals surface area contributed by atoms with Crippen molar-refractivity contribution >= 4 is 31.9 Å². The average molecular weight is 269 g/mol. The zero-order valence-electron chi connectivity index (χ0n) is 4.89. The molecule has 0 aliphatic carbocycles. The molecule has 0 aliphatic heterocycles. The summed E-state index contributed by atoms with van der Waals surface area (Å²) < 4.78 is 12.4. The van der Waals surface area contributed by atoms with Gasteiger partial charge in [0.25, 0.3) is 0 Å². The van der Waals surface area contributed by atoms with Crippen LogP contribution >= 0.6 is 31.9 Å². The first kappa shape index (κ1) is 8.14. The summed E-state index contributed by atoms with van der Waals surface area (Å²) >= 11 is 6.48. The van der Waals surface area contributed by atoms with Gasteiger partial charge in [-0.2, -0.15) is 4.39 Å². The predicted octanol–water partition coefficient (Wildman–Crippen LogP) is 3.01. The van der Waals surface area contributed by atoms with Crippen molar-refractivity contribution in [3.63, 3.8) is 0 Å². The van der Waals surface area contributed by atoms with Crippen LogP contribution in [0, 0.1) is 5.95 Å². The molecule has 0 unspecified atom stereocenters. The molecule has 0 radical (unpaired) electrons. The second-order valence-electron chi connectivity index (χ2n) is 1.71. The Labute approximate surface area is 74.9 Å². The van der Waals surface area contributed by atoms with E-state index in [0.717, 1.165) is 5.56 Å². The number of rotatable bonds is 1. The van der Waals surface area contributed by atoms with Crippen LogP contribution in [0.2, 0.25) is 0 Å². The van der Waals surface area contributed by atoms with Crippen LogP contribution in [0.15, 0.2) is 18.3 Å². The molecule has 1 heterocycles. The molecule has 0 fully saturated rings.